The first kappa shape index (κ1) is 20.2. The van der Waals surface area contributed by atoms with E-state index in [9.17, 15) is 4.79 Å². The number of rotatable bonds is 7. The van der Waals surface area contributed by atoms with Crippen LogP contribution in [-0.2, 0) is 4.79 Å². The van der Waals surface area contributed by atoms with E-state index < -0.39 is 0 Å². The van der Waals surface area contributed by atoms with E-state index in [1.165, 1.54) is 0 Å². The highest BCUT2D eigenvalue weighted by Crippen LogP contribution is 2.30. The molecular formula is C25H25NO3. The highest BCUT2D eigenvalue weighted by molar-refractivity contribution is 6.24. The maximum atomic E-state index is 13.2. The molecule has 0 aliphatic rings. The van der Waals surface area contributed by atoms with E-state index in [4.69, 9.17) is 9.47 Å². The van der Waals surface area contributed by atoms with Gasteiger partial charge in [0.05, 0.1) is 20.3 Å². The van der Waals surface area contributed by atoms with E-state index in [2.05, 4.69) is 5.32 Å². The van der Waals surface area contributed by atoms with Gasteiger partial charge in [-0.1, -0.05) is 60.7 Å². The van der Waals surface area contributed by atoms with E-state index in [0.717, 1.165) is 16.7 Å². The van der Waals surface area contributed by atoms with Gasteiger partial charge in [-0.2, -0.15) is 0 Å². The molecule has 4 heteroatoms. The van der Waals surface area contributed by atoms with Crippen LogP contribution in [0.1, 0.15) is 29.7 Å². The van der Waals surface area contributed by atoms with Crippen molar-refractivity contribution in [2.24, 2.45) is 0 Å². The molecule has 1 N–H and O–H groups in total. The number of ether oxygens (including phenoxy) is 2. The summed E-state index contributed by atoms with van der Waals surface area (Å²) in [4.78, 5) is 13.2. The summed E-state index contributed by atoms with van der Waals surface area (Å²) in [5.74, 6) is 1.26. The van der Waals surface area contributed by atoms with Crippen LogP contribution >= 0.6 is 0 Å². The van der Waals surface area contributed by atoms with Gasteiger partial charge in [-0.05, 0) is 42.3 Å². The average Bonchev–Trinajstić information content (AvgIpc) is 2.78. The van der Waals surface area contributed by atoms with Crippen molar-refractivity contribution in [3.8, 4) is 11.5 Å². The Hall–Kier alpha value is -3.53. The Morgan fingerprint density at radius 2 is 1.55 bits per heavy atom. The van der Waals surface area contributed by atoms with Gasteiger partial charge < -0.3 is 14.8 Å². The summed E-state index contributed by atoms with van der Waals surface area (Å²) >= 11 is 0. The molecule has 0 fully saturated rings. The van der Waals surface area contributed by atoms with Gasteiger partial charge in [-0.25, -0.2) is 0 Å². The Kier molecular flexibility index (Phi) is 6.69. The molecule has 0 aromatic heterocycles. The predicted molar refractivity (Wildman–Crippen MR) is 117 cm³/mol. The van der Waals surface area contributed by atoms with Crippen molar-refractivity contribution in [3.63, 3.8) is 0 Å². The van der Waals surface area contributed by atoms with Crippen molar-refractivity contribution in [1.29, 1.82) is 0 Å². The summed E-state index contributed by atoms with van der Waals surface area (Å²) in [5.41, 5.74) is 3.28. The van der Waals surface area contributed by atoms with Crippen LogP contribution < -0.4 is 14.8 Å². The molecule has 0 saturated heterocycles. The van der Waals surface area contributed by atoms with Gasteiger partial charge in [0, 0.05) is 11.1 Å². The van der Waals surface area contributed by atoms with Crippen LogP contribution in [0.2, 0.25) is 0 Å². The standard InChI is InChI=1S/C25H25NO3/c1-18(22-17-21(28-2)14-15-24(22)29-3)26-25(27)23(20-12-8-5-9-13-20)16-19-10-6-4-7-11-19/h4-18H,1-3H3,(H,26,27)/b23-16+/t18-/m0/s1. The smallest absolute Gasteiger partial charge is 0.252 e. The Morgan fingerprint density at radius 3 is 2.17 bits per heavy atom. The third kappa shape index (κ3) is 5.05. The van der Waals surface area contributed by atoms with Crippen LogP contribution in [0.5, 0.6) is 11.5 Å². The third-order valence-corrected chi connectivity index (χ3v) is 4.69. The lowest BCUT2D eigenvalue weighted by atomic mass is 10.0. The fourth-order valence-corrected chi connectivity index (χ4v) is 3.14. The first-order valence-corrected chi connectivity index (χ1v) is 9.47. The fourth-order valence-electron chi connectivity index (χ4n) is 3.14. The summed E-state index contributed by atoms with van der Waals surface area (Å²) in [6.07, 6.45) is 1.90. The Bertz CT molecular complexity index is 981. The molecule has 0 heterocycles. The lowest BCUT2D eigenvalue weighted by molar-refractivity contribution is -0.116. The number of hydrogen-bond acceptors (Lipinski definition) is 3. The van der Waals surface area contributed by atoms with Crippen LogP contribution in [0.3, 0.4) is 0 Å². The maximum absolute atomic E-state index is 13.2. The molecule has 3 aromatic rings. The molecule has 0 bridgehead atoms. The summed E-state index contributed by atoms with van der Waals surface area (Å²) in [7, 11) is 3.23. The van der Waals surface area contributed by atoms with Crippen molar-refractivity contribution in [2.75, 3.05) is 14.2 Å². The second kappa shape index (κ2) is 9.60. The largest absolute Gasteiger partial charge is 0.497 e. The molecule has 1 atom stereocenters. The van der Waals surface area contributed by atoms with E-state index in [1.54, 1.807) is 14.2 Å². The van der Waals surface area contributed by atoms with Crippen LogP contribution in [0.25, 0.3) is 11.6 Å². The molecule has 148 valence electrons. The monoisotopic (exact) mass is 387 g/mol. The summed E-state index contributed by atoms with van der Waals surface area (Å²) < 4.78 is 10.8. The molecule has 0 unspecified atom stereocenters. The first-order valence-electron chi connectivity index (χ1n) is 9.47. The van der Waals surface area contributed by atoms with Crippen molar-refractivity contribution < 1.29 is 14.3 Å². The summed E-state index contributed by atoms with van der Waals surface area (Å²) in [6, 6.07) is 24.8. The zero-order valence-electron chi connectivity index (χ0n) is 16.9. The number of hydrogen-bond donors (Lipinski definition) is 1. The molecule has 0 spiro atoms. The van der Waals surface area contributed by atoms with Gasteiger partial charge in [0.2, 0.25) is 0 Å². The van der Waals surface area contributed by atoms with Gasteiger partial charge in [-0.3, -0.25) is 4.79 Å². The van der Waals surface area contributed by atoms with Gasteiger partial charge in [0.15, 0.2) is 0 Å². The van der Waals surface area contributed by atoms with E-state index in [0.29, 0.717) is 17.1 Å². The highest BCUT2D eigenvalue weighted by Gasteiger charge is 2.18. The van der Waals surface area contributed by atoms with Gasteiger partial charge in [-0.15, -0.1) is 0 Å². The zero-order chi connectivity index (χ0) is 20.6. The lowest BCUT2D eigenvalue weighted by Gasteiger charge is -2.19. The molecular weight excluding hydrogens is 362 g/mol. The van der Waals surface area contributed by atoms with Gasteiger partial charge >= 0.3 is 0 Å². The quantitative estimate of drug-likeness (QED) is 0.452. The molecule has 0 aliphatic carbocycles. The SMILES string of the molecule is COc1ccc(OC)c([C@H](C)NC(=O)/C(=C/c2ccccc2)c2ccccc2)c1. The van der Waals surface area contributed by atoms with Crippen molar-refractivity contribution in [3.05, 3.63) is 95.6 Å². The lowest BCUT2D eigenvalue weighted by Crippen LogP contribution is -2.27. The minimum absolute atomic E-state index is 0.155. The number of methoxy groups -OCH3 is 2. The topological polar surface area (TPSA) is 47.6 Å². The zero-order valence-corrected chi connectivity index (χ0v) is 16.9. The van der Waals surface area contributed by atoms with E-state index in [-0.39, 0.29) is 11.9 Å². The first-order chi connectivity index (χ1) is 14.1. The summed E-state index contributed by atoms with van der Waals surface area (Å²) in [5, 5.41) is 3.10. The number of amides is 1. The predicted octanol–water partition coefficient (Wildman–Crippen LogP) is 5.12. The molecule has 29 heavy (non-hydrogen) atoms. The Balaban J connectivity index is 1.92. The Morgan fingerprint density at radius 1 is 0.897 bits per heavy atom. The minimum atomic E-state index is -0.268. The molecule has 0 saturated carbocycles. The molecule has 4 nitrogen and oxygen atoms in total. The van der Waals surface area contributed by atoms with Crippen molar-refractivity contribution in [1.82, 2.24) is 5.32 Å². The van der Waals surface area contributed by atoms with E-state index >= 15 is 0 Å². The molecule has 0 radical (unpaired) electrons. The molecule has 1 amide bonds. The van der Waals surface area contributed by atoms with Crippen LogP contribution in [0, 0.1) is 0 Å². The average molecular weight is 387 g/mol. The van der Waals surface area contributed by atoms with Crippen LogP contribution in [0.15, 0.2) is 78.9 Å². The van der Waals surface area contributed by atoms with E-state index in [1.807, 2.05) is 91.9 Å². The maximum Gasteiger partial charge on any atom is 0.252 e. The minimum Gasteiger partial charge on any atom is -0.497 e. The van der Waals surface area contributed by atoms with Crippen molar-refractivity contribution in [2.45, 2.75) is 13.0 Å². The number of benzene rings is 3. The highest BCUT2D eigenvalue weighted by atomic mass is 16.5. The molecule has 0 aliphatic heterocycles. The number of carbonyl (C=O) groups is 1. The van der Waals surface area contributed by atoms with Gasteiger partial charge in [0.1, 0.15) is 11.5 Å². The van der Waals surface area contributed by atoms with Crippen LogP contribution in [-0.4, -0.2) is 20.1 Å². The number of carbonyl (C=O) groups excluding carboxylic acids is 1. The fraction of sp³-hybridized carbons (Fsp3) is 0.160. The van der Waals surface area contributed by atoms with Crippen LogP contribution in [0.4, 0.5) is 0 Å². The second-order valence-corrected chi connectivity index (χ2v) is 6.64. The summed E-state index contributed by atoms with van der Waals surface area (Å²) in [6.45, 7) is 1.93. The molecule has 3 rings (SSSR count). The van der Waals surface area contributed by atoms with Gasteiger partial charge in [0.25, 0.3) is 5.91 Å². The third-order valence-electron chi connectivity index (χ3n) is 4.69. The molecule has 3 aromatic carbocycles. The number of nitrogens with one attached hydrogen (secondary N) is 1. The second-order valence-electron chi connectivity index (χ2n) is 6.64. The normalized spacial score (nSPS) is 12.2. The van der Waals surface area contributed by atoms with Crippen molar-refractivity contribution >= 4 is 17.6 Å². The Labute approximate surface area is 171 Å².